The SMILES string of the molecule is Cc1nc(CCNC(=O)c2cc(=O)n(C)c(=O)n2C)nc2c1CCCC2. The van der Waals surface area contributed by atoms with Crippen LogP contribution in [0.5, 0.6) is 0 Å². The number of nitrogens with one attached hydrogen (secondary N) is 1. The molecule has 0 saturated carbocycles. The standard InChI is InChI=1S/C18H23N5O3/c1-11-12-6-4-5-7-13(12)21-15(20-11)8-9-19-17(25)14-10-16(24)23(3)18(26)22(14)2/h10H,4-9H2,1-3H3,(H,19,25). The Morgan fingerprint density at radius 3 is 2.65 bits per heavy atom. The van der Waals surface area contributed by atoms with Crippen LogP contribution in [0.25, 0.3) is 0 Å². The van der Waals surface area contributed by atoms with Gasteiger partial charge < -0.3 is 5.32 Å². The summed E-state index contributed by atoms with van der Waals surface area (Å²) in [6.45, 7) is 2.34. The van der Waals surface area contributed by atoms with Crippen molar-refractivity contribution >= 4 is 5.91 Å². The van der Waals surface area contributed by atoms with E-state index in [1.807, 2.05) is 6.92 Å². The second kappa shape index (κ2) is 7.23. The van der Waals surface area contributed by atoms with Crippen LogP contribution >= 0.6 is 0 Å². The van der Waals surface area contributed by atoms with Crippen molar-refractivity contribution in [3.63, 3.8) is 0 Å². The Kier molecular flexibility index (Phi) is 5.01. The van der Waals surface area contributed by atoms with Crippen LogP contribution < -0.4 is 16.6 Å². The quantitative estimate of drug-likeness (QED) is 0.833. The van der Waals surface area contributed by atoms with Gasteiger partial charge in [0.15, 0.2) is 0 Å². The van der Waals surface area contributed by atoms with Crippen LogP contribution in [0.2, 0.25) is 0 Å². The third kappa shape index (κ3) is 3.44. The van der Waals surface area contributed by atoms with Gasteiger partial charge in [0.1, 0.15) is 11.5 Å². The number of hydrogen-bond acceptors (Lipinski definition) is 5. The third-order valence-corrected chi connectivity index (χ3v) is 4.83. The Morgan fingerprint density at radius 1 is 1.15 bits per heavy atom. The molecule has 3 rings (SSSR count). The highest BCUT2D eigenvalue weighted by Crippen LogP contribution is 2.21. The van der Waals surface area contributed by atoms with E-state index in [9.17, 15) is 14.4 Å². The number of aryl methyl sites for hydroxylation is 2. The van der Waals surface area contributed by atoms with E-state index in [0.29, 0.717) is 18.8 Å². The van der Waals surface area contributed by atoms with Gasteiger partial charge in [-0.25, -0.2) is 14.8 Å². The summed E-state index contributed by atoms with van der Waals surface area (Å²) in [7, 11) is 2.84. The smallest absolute Gasteiger partial charge is 0.331 e. The van der Waals surface area contributed by atoms with E-state index >= 15 is 0 Å². The molecule has 2 aromatic heterocycles. The van der Waals surface area contributed by atoms with Gasteiger partial charge >= 0.3 is 5.69 Å². The van der Waals surface area contributed by atoms with Crippen LogP contribution in [0.15, 0.2) is 15.7 Å². The maximum Gasteiger partial charge on any atom is 0.331 e. The van der Waals surface area contributed by atoms with Gasteiger partial charge in [0.05, 0.1) is 0 Å². The molecule has 0 saturated heterocycles. The molecule has 0 radical (unpaired) electrons. The fraction of sp³-hybridized carbons (Fsp3) is 0.500. The van der Waals surface area contributed by atoms with Gasteiger partial charge in [-0.3, -0.25) is 18.7 Å². The molecule has 2 heterocycles. The number of nitrogens with zero attached hydrogens (tertiary/aromatic N) is 4. The highest BCUT2D eigenvalue weighted by atomic mass is 16.2. The first-order chi connectivity index (χ1) is 12.4. The number of fused-ring (bicyclic) bond motifs is 1. The summed E-state index contributed by atoms with van der Waals surface area (Å²) >= 11 is 0. The molecule has 26 heavy (non-hydrogen) atoms. The molecule has 8 heteroatoms. The predicted octanol–water partition coefficient (Wildman–Crippen LogP) is 0.0337. The summed E-state index contributed by atoms with van der Waals surface area (Å²) in [6.07, 6.45) is 4.85. The molecule has 8 nitrogen and oxygen atoms in total. The highest BCUT2D eigenvalue weighted by molar-refractivity contribution is 5.92. The molecule has 0 bridgehead atoms. The van der Waals surface area contributed by atoms with Gasteiger partial charge in [0.25, 0.3) is 11.5 Å². The third-order valence-electron chi connectivity index (χ3n) is 4.83. The fourth-order valence-electron chi connectivity index (χ4n) is 3.29. The van der Waals surface area contributed by atoms with Gasteiger partial charge in [0.2, 0.25) is 0 Å². The first kappa shape index (κ1) is 18.0. The van der Waals surface area contributed by atoms with Crippen LogP contribution in [0, 0.1) is 6.92 Å². The maximum absolute atomic E-state index is 12.3. The molecule has 0 atom stereocenters. The van der Waals surface area contributed by atoms with E-state index in [0.717, 1.165) is 45.9 Å². The van der Waals surface area contributed by atoms with E-state index in [4.69, 9.17) is 0 Å². The summed E-state index contributed by atoms with van der Waals surface area (Å²) in [5, 5.41) is 2.73. The van der Waals surface area contributed by atoms with Gasteiger partial charge in [-0.05, 0) is 38.2 Å². The molecule has 2 aromatic rings. The van der Waals surface area contributed by atoms with Crippen molar-refractivity contribution in [1.82, 2.24) is 24.4 Å². The first-order valence-electron chi connectivity index (χ1n) is 8.79. The van der Waals surface area contributed by atoms with Crippen molar-refractivity contribution in [2.45, 2.75) is 39.0 Å². The van der Waals surface area contributed by atoms with Crippen molar-refractivity contribution in [2.24, 2.45) is 14.1 Å². The summed E-state index contributed by atoms with van der Waals surface area (Å²) in [6, 6.07) is 1.16. The molecular formula is C18H23N5O3. The lowest BCUT2D eigenvalue weighted by atomic mass is 9.95. The highest BCUT2D eigenvalue weighted by Gasteiger charge is 2.16. The lowest BCUT2D eigenvalue weighted by molar-refractivity contribution is 0.0943. The van der Waals surface area contributed by atoms with Crippen LogP contribution in [0.1, 0.15) is 46.1 Å². The molecule has 0 aliphatic heterocycles. The van der Waals surface area contributed by atoms with Gasteiger partial charge in [-0.2, -0.15) is 0 Å². The molecule has 1 N–H and O–H groups in total. The molecular weight excluding hydrogens is 334 g/mol. The van der Waals surface area contributed by atoms with Gasteiger partial charge in [-0.15, -0.1) is 0 Å². The van der Waals surface area contributed by atoms with Gasteiger partial charge in [0, 0.05) is 44.5 Å². The summed E-state index contributed by atoms with van der Waals surface area (Å²) < 4.78 is 2.12. The Balaban J connectivity index is 1.69. The lowest BCUT2D eigenvalue weighted by Gasteiger charge is -2.17. The molecule has 0 aromatic carbocycles. The monoisotopic (exact) mass is 357 g/mol. The second-order valence-corrected chi connectivity index (χ2v) is 6.63. The number of carbonyl (C=O) groups is 1. The van der Waals surface area contributed by atoms with E-state index in [1.165, 1.54) is 26.1 Å². The Bertz CT molecular complexity index is 974. The molecule has 1 amide bonds. The van der Waals surface area contributed by atoms with E-state index in [-0.39, 0.29) is 5.69 Å². The number of aromatic nitrogens is 4. The summed E-state index contributed by atoms with van der Waals surface area (Å²) in [4.78, 5) is 45.1. The zero-order valence-corrected chi connectivity index (χ0v) is 15.3. The van der Waals surface area contributed by atoms with Crippen molar-refractivity contribution in [3.8, 4) is 0 Å². The topological polar surface area (TPSA) is 98.9 Å². The lowest BCUT2D eigenvalue weighted by Crippen LogP contribution is -2.41. The van der Waals surface area contributed by atoms with Crippen molar-refractivity contribution in [3.05, 3.63) is 55.4 Å². The van der Waals surface area contributed by atoms with Crippen LogP contribution in [0.3, 0.4) is 0 Å². The van der Waals surface area contributed by atoms with Crippen molar-refractivity contribution in [2.75, 3.05) is 6.54 Å². The van der Waals surface area contributed by atoms with E-state index < -0.39 is 17.2 Å². The Hall–Kier alpha value is -2.77. The summed E-state index contributed by atoms with van der Waals surface area (Å²) in [5.41, 5.74) is 2.41. The first-order valence-corrected chi connectivity index (χ1v) is 8.79. The fourth-order valence-corrected chi connectivity index (χ4v) is 3.29. The van der Waals surface area contributed by atoms with Crippen LogP contribution in [0.4, 0.5) is 0 Å². The van der Waals surface area contributed by atoms with Crippen molar-refractivity contribution in [1.29, 1.82) is 0 Å². The molecule has 0 fully saturated rings. The average molecular weight is 357 g/mol. The predicted molar refractivity (Wildman–Crippen MR) is 96.4 cm³/mol. The van der Waals surface area contributed by atoms with Crippen LogP contribution in [-0.4, -0.2) is 31.6 Å². The Labute approximate surface area is 150 Å². The maximum atomic E-state index is 12.3. The van der Waals surface area contributed by atoms with Crippen molar-refractivity contribution < 1.29 is 4.79 Å². The largest absolute Gasteiger partial charge is 0.350 e. The number of rotatable bonds is 4. The van der Waals surface area contributed by atoms with E-state index in [2.05, 4.69) is 15.3 Å². The molecule has 1 aliphatic rings. The summed E-state index contributed by atoms with van der Waals surface area (Å²) in [5.74, 6) is 0.248. The number of hydrogen-bond donors (Lipinski definition) is 1. The molecule has 1 aliphatic carbocycles. The normalized spacial score (nSPS) is 13.3. The zero-order chi connectivity index (χ0) is 18.8. The zero-order valence-electron chi connectivity index (χ0n) is 15.3. The number of carbonyl (C=O) groups excluding carboxylic acids is 1. The molecule has 0 unspecified atom stereocenters. The minimum absolute atomic E-state index is 0.0423. The number of amides is 1. The van der Waals surface area contributed by atoms with Crippen LogP contribution in [-0.2, 0) is 33.4 Å². The molecule has 0 spiro atoms. The van der Waals surface area contributed by atoms with Gasteiger partial charge in [-0.1, -0.05) is 0 Å². The molecule has 138 valence electrons. The Morgan fingerprint density at radius 2 is 1.88 bits per heavy atom. The average Bonchev–Trinajstić information content (AvgIpc) is 2.63. The second-order valence-electron chi connectivity index (χ2n) is 6.63. The minimum Gasteiger partial charge on any atom is -0.350 e. The van der Waals surface area contributed by atoms with E-state index in [1.54, 1.807) is 0 Å². The minimum atomic E-state index is -0.531.